The summed E-state index contributed by atoms with van der Waals surface area (Å²) in [7, 11) is 1.77. The smallest absolute Gasteiger partial charge is 0.343 e. The summed E-state index contributed by atoms with van der Waals surface area (Å²) in [6, 6.07) is 0.510. The van der Waals surface area contributed by atoms with E-state index in [2.05, 4.69) is 32.3 Å². The fraction of sp³-hybridized carbons (Fsp3) is 0.455. The zero-order valence-corrected chi connectivity index (χ0v) is 10.7. The molecule has 0 aromatic carbocycles. The van der Waals surface area contributed by atoms with E-state index in [1.54, 1.807) is 24.3 Å². The van der Waals surface area contributed by atoms with E-state index in [-0.39, 0.29) is 12.0 Å². The van der Waals surface area contributed by atoms with E-state index in [0.29, 0.717) is 0 Å². The van der Waals surface area contributed by atoms with Gasteiger partial charge in [0.15, 0.2) is 0 Å². The summed E-state index contributed by atoms with van der Waals surface area (Å²) < 4.78 is 6.91. The highest BCUT2D eigenvalue weighted by atomic mass is 16.5. The first kappa shape index (κ1) is 12.4. The fourth-order valence-corrected chi connectivity index (χ4v) is 1.40. The molecular weight excluding hydrogens is 232 g/mol. The Hall–Kier alpha value is -2.02. The molecule has 2 rings (SSSR count). The number of nitrogens with one attached hydrogen (secondary N) is 1. The Bertz CT molecular complexity index is 524. The number of aromatic nitrogens is 5. The second-order valence-electron chi connectivity index (χ2n) is 3.85. The van der Waals surface area contributed by atoms with Gasteiger partial charge in [-0.3, -0.25) is 4.68 Å². The fourth-order valence-electron chi connectivity index (χ4n) is 1.40. The summed E-state index contributed by atoms with van der Waals surface area (Å²) in [6.07, 6.45) is 3.31. The first-order valence-corrected chi connectivity index (χ1v) is 5.75. The molecule has 0 spiro atoms. The van der Waals surface area contributed by atoms with Gasteiger partial charge in [0.1, 0.15) is 6.33 Å². The maximum atomic E-state index is 5.35. The molecule has 0 unspecified atom stereocenters. The quantitative estimate of drug-likeness (QED) is 0.844. The van der Waals surface area contributed by atoms with E-state index in [4.69, 9.17) is 4.74 Å². The molecule has 0 fully saturated rings. The van der Waals surface area contributed by atoms with Gasteiger partial charge in [-0.2, -0.15) is 9.97 Å². The minimum atomic E-state index is 0.247. The molecule has 7 heteroatoms. The molecule has 0 aliphatic heterocycles. The largest absolute Gasteiger partial charge is 0.387 e. The van der Waals surface area contributed by atoms with Crippen molar-refractivity contribution in [2.24, 2.45) is 7.05 Å². The van der Waals surface area contributed by atoms with Crippen LogP contribution in [0.3, 0.4) is 0 Å². The minimum absolute atomic E-state index is 0.247. The van der Waals surface area contributed by atoms with Gasteiger partial charge >= 0.3 is 12.0 Å². The van der Waals surface area contributed by atoms with Crippen LogP contribution in [-0.2, 0) is 13.6 Å². The Balaban J connectivity index is 2.08. The number of nitrogens with zero attached hydrogens (tertiary/aromatic N) is 5. The van der Waals surface area contributed by atoms with Crippen LogP contribution >= 0.6 is 0 Å². The van der Waals surface area contributed by atoms with Crippen molar-refractivity contribution in [2.45, 2.75) is 20.4 Å². The van der Waals surface area contributed by atoms with Crippen molar-refractivity contribution in [3.63, 3.8) is 0 Å². The maximum absolute atomic E-state index is 5.35. The van der Waals surface area contributed by atoms with Crippen LogP contribution < -0.4 is 10.1 Å². The SMILES string of the molecule is CCNCc1cnc(Oc2ncn(C)n2)nc1C. The second kappa shape index (κ2) is 5.54. The molecule has 96 valence electrons. The molecule has 0 atom stereocenters. The zero-order chi connectivity index (χ0) is 13.0. The second-order valence-corrected chi connectivity index (χ2v) is 3.85. The van der Waals surface area contributed by atoms with Crippen LogP contribution in [0.15, 0.2) is 12.5 Å². The lowest BCUT2D eigenvalue weighted by Crippen LogP contribution is -2.13. The predicted octanol–water partition coefficient (Wildman–Crippen LogP) is 0.815. The van der Waals surface area contributed by atoms with Gasteiger partial charge in [0, 0.05) is 31.0 Å². The summed E-state index contributed by atoms with van der Waals surface area (Å²) >= 11 is 0. The van der Waals surface area contributed by atoms with Crippen LogP contribution in [0.2, 0.25) is 0 Å². The van der Waals surface area contributed by atoms with Crippen molar-refractivity contribution in [2.75, 3.05) is 6.54 Å². The standard InChI is InChI=1S/C11H16N6O/c1-4-12-5-9-6-13-10(15-8(9)2)18-11-14-7-17(3)16-11/h6-7,12H,4-5H2,1-3H3. The molecule has 2 aromatic rings. The summed E-state index contributed by atoms with van der Waals surface area (Å²) in [5.74, 6) is 0. The Morgan fingerprint density at radius 3 is 2.78 bits per heavy atom. The van der Waals surface area contributed by atoms with Gasteiger partial charge < -0.3 is 10.1 Å². The zero-order valence-electron chi connectivity index (χ0n) is 10.7. The predicted molar refractivity (Wildman–Crippen MR) is 65.2 cm³/mol. The van der Waals surface area contributed by atoms with Gasteiger partial charge in [-0.05, 0) is 13.5 Å². The highest BCUT2D eigenvalue weighted by molar-refractivity contribution is 5.18. The van der Waals surface area contributed by atoms with Crippen molar-refractivity contribution < 1.29 is 4.74 Å². The van der Waals surface area contributed by atoms with E-state index >= 15 is 0 Å². The van der Waals surface area contributed by atoms with Gasteiger partial charge in [-0.1, -0.05) is 6.92 Å². The molecule has 0 saturated carbocycles. The van der Waals surface area contributed by atoms with Gasteiger partial charge in [-0.25, -0.2) is 4.98 Å². The van der Waals surface area contributed by atoms with Crippen molar-refractivity contribution in [3.8, 4) is 12.0 Å². The lowest BCUT2D eigenvalue weighted by molar-refractivity contribution is 0.403. The molecule has 1 N–H and O–H groups in total. The van der Waals surface area contributed by atoms with E-state index in [1.165, 1.54) is 0 Å². The lowest BCUT2D eigenvalue weighted by atomic mass is 10.2. The molecule has 0 aliphatic carbocycles. The van der Waals surface area contributed by atoms with E-state index in [1.807, 2.05) is 6.92 Å². The Morgan fingerprint density at radius 2 is 2.17 bits per heavy atom. The Labute approximate surface area is 105 Å². The number of aryl methyl sites for hydroxylation is 2. The molecule has 2 aromatic heterocycles. The first-order chi connectivity index (χ1) is 8.69. The van der Waals surface area contributed by atoms with Crippen molar-refractivity contribution in [1.29, 1.82) is 0 Å². The molecule has 0 amide bonds. The van der Waals surface area contributed by atoms with Crippen molar-refractivity contribution in [1.82, 2.24) is 30.0 Å². The third kappa shape index (κ3) is 3.01. The van der Waals surface area contributed by atoms with Gasteiger partial charge in [0.2, 0.25) is 0 Å². The third-order valence-electron chi connectivity index (χ3n) is 2.39. The number of hydrogen-bond acceptors (Lipinski definition) is 6. The molecule has 18 heavy (non-hydrogen) atoms. The van der Waals surface area contributed by atoms with E-state index < -0.39 is 0 Å². The summed E-state index contributed by atoms with van der Waals surface area (Å²) in [5, 5.41) is 7.23. The molecule has 0 radical (unpaired) electrons. The molecule has 0 aliphatic rings. The third-order valence-corrected chi connectivity index (χ3v) is 2.39. The molecule has 0 saturated heterocycles. The lowest BCUT2D eigenvalue weighted by Gasteiger charge is -2.06. The average molecular weight is 248 g/mol. The van der Waals surface area contributed by atoms with E-state index in [0.717, 1.165) is 24.3 Å². The van der Waals surface area contributed by atoms with Crippen LogP contribution in [0, 0.1) is 6.92 Å². The summed E-state index contributed by atoms with van der Waals surface area (Å²) in [6.45, 7) is 5.65. The minimum Gasteiger partial charge on any atom is -0.387 e. The number of ether oxygens (including phenoxy) is 1. The molecule has 0 bridgehead atoms. The monoisotopic (exact) mass is 248 g/mol. The Kier molecular flexibility index (Phi) is 3.83. The van der Waals surface area contributed by atoms with Crippen LogP contribution in [0.1, 0.15) is 18.2 Å². The maximum Gasteiger partial charge on any atom is 0.343 e. The topological polar surface area (TPSA) is 77.8 Å². The highest BCUT2D eigenvalue weighted by Gasteiger charge is 2.07. The van der Waals surface area contributed by atoms with Crippen molar-refractivity contribution >= 4 is 0 Å². The normalized spacial score (nSPS) is 10.6. The highest BCUT2D eigenvalue weighted by Crippen LogP contribution is 2.13. The number of rotatable bonds is 5. The average Bonchev–Trinajstić information content (AvgIpc) is 2.74. The number of hydrogen-bond donors (Lipinski definition) is 1. The first-order valence-electron chi connectivity index (χ1n) is 5.75. The molecular formula is C11H16N6O. The Morgan fingerprint density at radius 1 is 1.33 bits per heavy atom. The van der Waals surface area contributed by atoms with E-state index in [9.17, 15) is 0 Å². The molecule has 7 nitrogen and oxygen atoms in total. The van der Waals surface area contributed by atoms with Crippen LogP contribution in [0.4, 0.5) is 0 Å². The van der Waals surface area contributed by atoms with Crippen LogP contribution in [-0.4, -0.2) is 31.3 Å². The van der Waals surface area contributed by atoms with Gasteiger partial charge in [-0.15, -0.1) is 5.10 Å². The van der Waals surface area contributed by atoms with Crippen molar-refractivity contribution in [3.05, 3.63) is 23.8 Å². The van der Waals surface area contributed by atoms with Crippen LogP contribution in [0.5, 0.6) is 12.0 Å². The summed E-state index contributed by atoms with van der Waals surface area (Å²) in [5.41, 5.74) is 1.94. The summed E-state index contributed by atoms with van der Waals surface area (Å²) in [4.78, 5) is 12.4. The van der Waals surface area contributed by atoms with Crippen LogP contribution in [0.25, 0.3) is 0 Å². The molecule has 2 heterocycles. The van der Waals surface area contributed by atoms with Gasteiger partial charge in [0.05, 0.1) is 0 Å². The van der Waals surface area contributed by atoms with Gasteiger partial charge in [0.25, 0.3) is 0 Å².